The molecular weight excluding hydrogens is 538 g/mol. The van der Waals surface area contributed by atoms with E-state index in [9.17, 15) is 13.5 Å². The van der Waals surface area contributed by atoms with Crippen molar-refractivity contribution in [1.82, 2.24) is 4.31 Å². The van der Waals surface area contributed by atoms with E-state index in [2.05, 4.69) is 0 Å². The Hall–Kier alpha value is -3.69. The molecule has 0 saturated carbocycles. The van der Waals surface area contributed by atoms with Crippen LogP contribution in [0.4, 0.5) is 0 Å². The van der Waals surface area contributed by atoms with E-state index in [1.54, 1.807) is 31.4 Å². The Kier molecular flexibility index (Phi) is 8.75. The molecule has 41 heavy (non-hydrogen) atoms. The largest absolute Gasteiger partial charge is 0.493 e. The van der Waals surface area contributed by atoms with E-state index in [1.807, 2.05) is 80.6 Å². The summed E-state index contributed by atoms with van der Waals surface area (Å²) in [6, 6.07) is 27.1. The van der Waals surface area contributed by atoms with Gasteiger partial charge in [-0.25, -0.2) is 8.42 Å². The molecule has 7 nitrogen and oxygen atoms in total. The molecule has 0 aliphatic carbocycles. The van der Waals surface area contributed by atoms with Crippen molar-refractivity contribution in [1.29, 1.82) is 0 Å². The number of sulfonamides is 1. The fourth-order valence-electron chi connectivity index (χ4n) is 5.31. The highest BCUT2D eigenvalue weighted by molar-refractivity contribution is 7.89. The van der Waals surface area contributed by atoms with Gasteiger partial charge in [0.1, 0.15) is 12.8 Å². The molecule has 0 amide bonds. The first-order chi connectivity index (χ1) is 19.8. The van der Waals surface area contributed by atoms with Crippen LogP contribution in [0.15, 0.2) is 95.9 Å². The zero-order chi connectivity index (χ0) is 29.0. The van der Waals surface area contributed by atoms with Crippen LogP contribution in [0.2, 0.25) is 0 Å². The smallest absolute Gasteiger partial charge is 0.245 e. The lowest BCUT2D eigenvalue weighted by Gasteiger charge is -2.40. The third-order valence-corrected chi connectivity index (χ3v) is 9.22. The second-order valence-corrected chi connectivity index (χ2v) is 12.1. The third kappa shape index (κ3) is 6.16. The van der Waals surface area contributed by atoms with E-state index in [4.69, 9.17) is 14.2 Å². The summed E-state index contributed by atoms with van der Waals surface area (Å²) in [5.74, 6) is 0.979. The number of methoxy groups -OCH3 is 1. The van der Waals surface area contributed by atoms with Crippen LogP contribution in [0.25, 0.3) is 0 Å². The van der Waals surface area contributed by atoms with E-state index in [0.29, 0.717) is 17.1 Å². The van der Waals surface area contributed by atoms with Crippen LogP contribution in [-0.2, 0) is 34.4 Å². The van der Waals surface area contributed by atoms with Gasteiger partial charge in [-0.15, -0.1) is 0 Å². The lowest BCUT2D eigenvalue weighted by atomic mass is 9.90. The molecule has 2 atom stereocenters. The Morgan fingerprint density at radius 3 is 2.07 bits per heavy atom. The molecule has 8 heteroatoms. The van der Waals surface area contributed by atoms with Gasteiger partial charge in [-0.1, -0.05) is 84.4 Å². The first-order valence-electron chi connectivity index (χ1n) is 13.6. The number of rotatable bonds is 10. The number of nitrogens with zero attached hydrogens (tertiary/aromatic N) is 1. The second kappa shape index (κ2) is 12.4. The lowest BCUT2D eigenvalue weighted by Crippen LogP contribution is -2.48. The number of hydrogen-bond donors (Lipinski definition) is 1. The first kappa shape index (κ1) is 28.8. The molecule has 214 valence electrons. The van der Waals surface area contributed by atoms with Gasteiger partial charge in [0, 0.05) is 12.0 Å². The van der Waals surface area contributed by atoms with Crippen LogP contribution in [-0.4, -0.2) is 37.8 Å². The highest BCUT2D eigenvalue weighted by atomic mass is 32.2. The van der Waals surface area contributed by atoms with E-state index in [1.165, 1.54) is 0 Å². The summed E-state index contributed by atoms with van der Waals surface area (Å²) in [5.41, 5.74) is 5.12. The molecule has 4 aromatic carbocycles. The Morgan fingerprint density at radius 1 is 0.854 bits per heavy atom. The normalized spacial score (nSPS) is 17.2. The molecule has 1 N–H and O–H groups in total. The predicted molar refractivity (Wildman–Crippen MR) is 157 cm³/mol. The molecule has 5 rings (SSSR count). The predicted octanol–water partition coefficient (Wildman–Crippen LogP) is 5.71. The van der Waals surface area contributed by atoms with Crippen molar-refractivity contribution in [3.63, 3.8) is 0 Å². The van der Waals surface area contributed by atoms with Gasteiger partial charge in [0.2, 0.25) is 10.0 Å². The van der Waals surface area contributed by atoms with Crippen LogP contribution in [0.5, 0.6) is 11.5 Å². The maximum absolute atomic E-state index is 14.1. The number of ether oxygens (including phenoxy) is 3. The molecule has 0 bridgehead atoms. The Morgan fingerprint density at radius 2 is 1.46 bits per heavy atom. The number of fused-ring (bicyclic) bond motifs is 1. The number of aliphatic hydroxyl groups is 1. The molecule has 0 unspecified atom stereocenters. The van der Waals surface area contributed by atoms with Crippen LogP contribution >= 0.6 is 0 Å². The molecule has 0 radical (unpaired) electrons. The average Bonchev–Trinajstić information content (AvgIpc) is 2.96. The number of aryl methyl sites for hydroxylation is 2. The summed E-state index contributed by atoms with van der Waals surface area (Å²) in [7, 11) is -2.55. The van der Waals surface area contributed by atoms with Crippen LogP contribution in [0.1, 0.15) is 39.4 Å². The van der Waals surface area contributed by atoms with Crippen LogP contribution in [0, 0.1) is 13.8 Å². The fraction of sp³-hybridized carbons (Fsp3) is 0.273. The van der Waals surface area contributed by atoms with E-state index >= 15 is 0 Å². The molecular formula is C33H35NO6S. The highest BCUT2D eigenvalue weighted by Gasteiger charge is 2.44. The van der Waals surface area contributed by atoms with Crippen molar-refractivity contribution in [2.24, 2.45) is 0 Å². The zero-order valence-corrected chi connectivity index (χ0v) is 24.3. The molecule has 1 aliphatic rings. The summed E-state index contributed by atoms with van der Waals surface area (Å²) in [5, 5.41) is 11.4. The van der Waals surface area contributed by atoms with Gasteiger partial charge < -0.3 is 19.3 Å². The summed E-state index contributed by atoms with van der Waals surface area (Å²) in [4.78, 5) is 0.101. The maximum atomic E-state index is 14.1. The Balaban J connectivity index is 1.61. The SMILES string of the molecule is COc1c(C)cc2c(c1OCc1ccccc1)[C@H](COCc1ccccc1)N(S(=O)(=O)c1ccc(C)cc1)[C@@H](O)C2. The van der Waals surface area contributed by atoms with Gasteiger partial charge in [0.15, 0.2) is 11.5 Å². The summed E-state index contributed by atoms with van der Waals surface area (Å²) < 4.78 is 47.8. The minimum Gasteiger partial charge on any atom is -0.493 e. The van der Waals surface area contributed by atoms with Gasteiger partial charge in [0.05, 0.1) is 31.3 Å². The molecule has 4 aromatic rings. The molecule has 1 heterocycles. The van der Waals surface area contributed by atoms with Gasteiger partial charge in [-0.05, 0) is 48.2 Å². The molecule has 0 saturated heterocycles. The standard InChI is InChI=1S/C33H35NO6S/c1-23-14-16-28(17-15-23)41(36,37)34-29(22-39-20-25-10-6-4-7-11-25)31-27(19-30(34)35)18-24(2)32(38-3)33(31)40-21-26-12-8-5-9-13-26/h4-18,29-30,35H,19-22H2,1-3H3/t29-,30-/m0/s1. The molecule has 0 aromatic heterocycles. The van der Waals surface area contributed by atoms with E-state index in [-0.39, 0.29) is 31.1 Å². The first-order valence-corrected chi connectivity index (χ1v) is 15.0. The van der Waals surface area contributed by atoms with E-state index in [0.717, 1.165) is 32.1 Å². The average molecular weight is 574 g/mol. The van der Waals surface area contributed by atoms with Crippen molar-refractivity contribution in [2.45, 2.75) is 50.6 Å². The van der Waals surface area contributed by atoms with Gasteiger partial charge >= 0.3 is 0 Å². The maximum Gasteiger partial charge on any atom is 0.245 e. The lowest BCUT2D eigenvalue weighted by molar-refractivity contribution is -0.0105. The summed E-state index contributed by atoms with van der Waals surface area (Å²) >= 11 is 0. The van der Waals surface area contributed by atoms with Crippen molar-refractivity contribution in [3.8, 4) is 11.5 Å². The third-order valence-electron chi connectivity index (χ3n) is 7.30. The monoisotopic (exact) mass is 573 g/mol. The minimum absolute atomic E-state index is 0.00203. The molecule has 1 aliphatic heterocycles. The molecule has 0 fully saturated rings. The van der Waals surface area contributed by atoms with Crippen molar-refractivity contribution >= 4 is 10.0 Å². The van der Waals surface area contributed by atoms with Crippen LogP contribution in [0.3, 0.4) is 0 Å². The Bertz CT molecular complexity index is 1570. The van der Waals surface area contributed by atoms with Crippen LogP contribution < -0.4 is 9.47 Å². The topological polar surface area (TPSA) is 85.3 Å². The van der Waals surface area contributed by atoms with Gasteiger partial charge in [-0.3, -0.25) is 0 Å². The minimum atomic E-state index is -4.12. The van der Waals surface area contributed by atoms with Crippen molar-refractivity contribution < 1.29 is 27.7 Å². The zero-order valence-electron chi connectivity index (χ0n) is 23.5. The number of aliphatic hydroxyl groups excluding tert-OH is 1. The Labute approximate surface area is 242 Å². The fourth-order valence-corrected chi connectivity index (χ4v) is 6.93. The van der Waals surface area contributed by atoms with Gasteiger partial charge in [-0.2, -0.15) is 4.31 Å². The number of benzene rings is 4. The highest BCUT2D eigenvalue weighted by Crippen LogP contribution is 2.47. The summed E-state index contributed by atoms with van der Waals surface area (Å²) in [6.45, 7) is 4.35. The quantitative estimate of drug-likeness (QED) is 0.262. The van der Waals surface area contributed by atoms with Gasteiger partial charge in [0.25, 0.3) is 0 Å². The second-order valence-electron chi connectivity index (χ2n) is 10.3. The van der Waals surface area contributed by atoms with Crippen molar-refractivity contribution in [3.05, 3.63) is 124 Å². The molecule has 0 spiro atoms. The van der Waals surface area contributed by atoms with E-state index < -0.39 is 22.3 Å². The number of hydrogen-bond acceptors (Lipinski definition) is 6. The summed E-state index contributed by atoms with van der Waals surface area (Å²) in [6.07, 6.45) is -1.20. The van der Waals surface area contributed by atoms with Crippen molar-refractivity contribution in [2.75, 3.05) is 13.7 Å².